The van der Waals surface area contributed by atoms with Crippen LogP contribution in [-0.2, 0) is 61.8 Å². The molecule has 0 saturated carbocycles. The number of urea groups is 1. The number of benzene rings is 7. The van der Waals surface area contributed by atoms with Crippen LogP contribution in [0.25, 0.3) is 0 Å². The van der Waals surface area contributed by atoms with E-state index in [1.165, 1.54) is 102 Å². The molecule has 652 valence electrons. The molecule has 0 aromatic heterocycles. The maximum absolute atomic E-state index is 12.5. The van der Waals surface area contributed by atoms with Crippen LogP contribution in [-0.4, -0.2) is 191 Å². The molecule has 0 radical (unpaired) electrons. The molecule has 0 bridgehead atoms. The molecule has 5 aliphatic heterocycles. The number of carbonyl (C=O) groups excluding carboxylic acids is 1. The number of sulfone groups is 1. The lowest BCUT2D eigenvalue weighted by Crippen LogP contribution is -2.53. The van der Waals surface area contributed by atoms with Gasteiger partial charge in [0.05, 0.1) is 49.0 Å². The summed E-state index contributed by atoms with van der Waals surface area (Å²) in [7, 11) is -4.67. The molecule has 7 aromatic rings. The number of morpholine rings is 2. The number of amides is 2. The van der Waals surface area contributed by atoms with E-state index in [2.05, 4.69) is 238 Å². The predicted octanol–water partition coefficient (Wildman–Crippen LogP) is 20.2. The Morgan fingerprint density at radius 2 is 0.814 bits per heavy atom. The van der Waals surface area contributed by atoms with Crippen LogP contribution in [0.5, 0.6) is 5.75 Å². The first-order valence-corrected chi connectivity index (χ1v) is 44.9. The maximum Gasteiger partial charge on any atom is 0.501 e. The molecule has 2 N–H and O–H groups in total. The lowest BCUT2D eigenvalue weighted by Gasteiger charge is -2.43. The quantitative estimate of drug-likeness (QED) is 0.133. The van der Waals surface area contributed by atoms with E-state index in [4.69, 9.17) is 14.2 Å². The second-order valence-electron chi connectivity index (χ2n) is 38.8. The van der Waals surface area contributed by atoms with Crippen LogP contribution in [0.4, 0.5) is 46.4 Å². The molecule has 2 amide bonds. The number of ether oxygens (including phenoxy) is 3. The monoisotopic (exact) mass is 1670 g/mol. The van der Waals surface area contributed by atoms with E-state index in [0.717, 1.165) is 98.9 Å². The number of aryl methyl sites for hydroxylation is 1. The van der Waals surface area contributed by atoms with Crippen LogP contribution >= 0.6 is 0 Å². The number of likely N-dealkylation sites (N-methyl/N-ethyl adjacent to an activating group) is 1. The number of hydrogen-bond donors (Lipinski definition) is 2. The number of piperazine rings is 2. The van der Waals surface area contributed by atoms with Gasteiger partial charge in [-0.15, -0.1) is 0 Å². The first kappa shape index (κ1) is 97.6. The Balaban J connectivity index is 0.000000196. The number of hydrogen-bond acceptors (Lipinski definition) is 14. The number of rotatable bonds is 10. The second-order valence-corrected chi connectivity index (χ2v) is 42.7. The summed E-state index contributed by atoms with van der Waals surface area (Å²) in [5.74, 6) is 0.962. The van der Waals surface area contributed by atoms with Crippen molar-refractivity contribution in [1.29, 1.82) is 0 Å². The van der Waals surface area contributed by atoms with E-state index in [-0.39, 0.29) is 33.1 Å². The van der Waals surface area contributed by atoms with Crippen molar-refractivity contribution in [2.75, 3.05) is 158 Å². The number of alkyl halides is 3. The number of methoxy groups -OCH3 is 1. The molecule has 0 unspecified atom stereocenters. The number of sulfonamides is 1. The highest BCUT2D eigenvalue weighted by atomic mass is 32.2. The van der Waals surface area contributed by atoms with Crippen molar-refractivity contribution in [1.82, 2.24) is 19.0 Å². The predicted molar refractivity (Wildman–Crippen MR) is 485 cm³/mol. The van der Waals surface area contributed by atoms with Crippen molar-refractivity contribution in [2.45, 2.75) is 225 Å². The van der Waals surface area contributed by atoms with Crippen LogP contribution < -0.4 is 30.1 Å². The van der Waals surface area contributed by atoms with Gasteiger partial charge in [-0.25, -0.2) is 21.6 Å². The number of carbonyl (C=O) groups is 1. The third-order valence-electron chi connectivity index (χ3n) is 22.2. The SMILES string of the molecule is CC(C)(C)c1ccc(N2CCN(C(C)(C)C)CC2)cc1.CC(C)(C)c1cccc(S(=O)(=O)C(F)(F)F)c1.CC(C)(C)c1cccc(S(=O)(=O)N2CCOCC2)c1.CN1CCN(C2CCN(c3ccc(C(C)(C)C)cc3)CC2)CC1.COc1cc(C(C)(C)C)ccc1N1CCOCC1.Cc1cccc(NC(=O)Nc2ccc(C(C)(C)C)cc2)c1. The third-order valence-corrected chi connectivity index (χ3v) is 25.6. The Morgan fingerprint density at radius 1 is 0.415 bits per heavy atom. The number of nitrogens with zero attached hydrogens (tertiary/aromatic N) is 7. The normalized spacial score (nSPS) is 17.0. The van der Waals surface area contributed by atoms with E-state index in [0.29, 0.717) is 42.3 Å². The average Bonchev–Trinajstić information content (AvgIpc) is 0.725. The molecule has 5 saturated heterocycles. The smallest absolute Gasteiger partial charge is 0.495 e. The molecular weight excluding hydrogens is 1530 g/mol. The molecule has 0 aliphatic carbocycles. The maximum atomic E-state index is 12.5. The minimum Gasteiger partial charge on any atom is -0.495 e. The summed E-state index contributed by atoms with van der Waals surface area (Å²) in [6.45, 7) is 64.6. The van der Waals surface area contributed by atoms with Gasteiger partial charge in [0.2, 0.25) is 10.0 Å². The molecule has 5 fully saturated rings. The summed E-state index contributed by atoms with van der Waals surface area (Å²) in [6, 6.07) is 53.3. The van der Waals surface area contributed by atoms with Gasteiger partial charge < -0.3 is 44.4 Å². The van der Waals surface area contributed by atoms with E-state index in [1.807, 2.05) is 67.6 Å². The Kier molecular flexibility index (Phi) is 34.2. The molecule has 5 aliphatic rings. The van der Waals surface area contributed by atoms with Gasteiger partial charge in [0.15, 0.2) is 0 Å². The Hall–Kier alpha value is -7.54. The van der Waals surface area contributed by atoms with Crippen LogP contribution in [0.15, 0.2) is 174 Å². The Bertz CT molecular complexity index is 4500. The number of anilines is 5. The molecule has 5 heterocycles. The summed E-state index contributed by atoms with van der Waals surface area (Å²) in [6.07, 6.45) is 2.62. The van der Waals surface area contributed by atoms with Crippen molar-refractivity contribution in [3.8, 4) is 5.75 Å². The van der Waals surface area contributed by atoms with Crippen molar-refractivity contribution in [3.05, 3.63) is 203 Å². The molecule has 0 spiro atoms. The van der Waals surface area contributed by atoms with E-state index in [9.17, 15) is 34.8 Å². The minimum atomic E-state index is -5.26. The molecule has 118 heavy (non-hydrogen) atoms. The summed E-state index contributed by atoms with van der Waals surface area (Å²) in [5.41, 5.74) is 8.90. The zero-order chi connectivity index (χ0) is 87.6. The summed E-state index contributed by atoms with van der Waals surface area (Å²) in [4.78, 5) is 26.8. The Labute approximate surface area is 708 Å². The Morgan fingerprint density at radius 3 is 1.25 bits per heavy atom. The highest BCUT2D eigenvalue weighted by molar-refractivity contribution is 7.92. The highest BCUT2D eigenvalue weighted by Crippen LogP contribution is 2.37. The summed E-state index contributed by atoms with van der Waals surface area (Å²) in [5, 5.41) is 5.66. The molecule has 22 heteroatoms. The third kappa shape index (κ3) is 29.4. The van der Waals surface area contributed by atoms with Gasteiger partial charge in [0.1, 0.15) is 5.75 Å². The molecular formula is C96H142F3N9O8S2. The van der Waals surface area contributed by atoms with E-state index < -0.39 is 35.7 Å². The van der Waals surface area contributed by atoms with Gasteiger partial charge in [-0.1, -0.05) is 203 Å². The summed E-state index contributed by atoms with van der Waals surface area (Å²) >= 11 is 0. The van der Waals surface area contributed by atoms with Gasteiger partial charge in [0.25, 0.3) is 9.84 Å². The first-order valence-electron chi connectivity index (χ1n) is 42.0. The fourth-order valence-corrected chi connectivity index (χ4v) is 16.5. The summed E-state index contributed by atoms with van der Waals surface area (Å²) < 4.78 is 102. The van der Waals surface area contributed by atoms with Gasteiger partial charge >= 0.3 is 11.5 Å². The molecule has 0 atom stereocenters. The van der Waals surface area contributed by atoms with Gasteiger partial charge in [-0.05, 0) is 204 Å². The zero-order valence-corrected chi connectivity index (χ0v) is 77.3. The fourth-order valence-electron chi connectivity index (χ4n) is 14.3. The standard InChI is InChI=1S/C20H33N3.C18H22N2O.C18H30N2.C15H23NO2.C14H21NO3S.C11H13F3O2S/c1-20(2,3)17-5-7-18(8-6-17)22-11-9-19(10-12-22)23-15-13-21(4)14-16-23;1-13-6-5-7-16(12-13)20-17(21)19-15-10-8-14(9-11-15)18(2,3)4;1-17(2,3)15-7-9-16(10-8-15)19-11-13-20(14-12-19)18(4,5)6;1-15(2,3)12-5-6-13(14(11-12)17-4)16-7-9-18-10-8-16;1-14(2,3)12-5-4-6-13(11-12)19(16,17)15-7-9-18-10-8-15;1-10(2,3)8-5-4-6-9(7-8)17(15,16)11(12,13)14/h5-8,19H,9-16H2,1-4H3;5-12H,1-4H3,(H2,19,20,21);7-10H,11-14H2,1-6H3;5-6,11H,7-10H2,1-4H3;4-6,11H,7-10H2,1-3H3;4-7H,1-3H3. The lowest BCUT2D eigenvalue weighted by atomic mass is 9.87. The van der Waals surface area contributed by atoms with E-state index >= 15 is 0 Å². The molecule has 7 aromatic carbocycles. The van der Waals surface area contributed by atoms with Crippen molar-refractivity contribution < 1.29 is 49.0 Å². The van der Waals surface area contributed by atoms with Gasteiger partial charge in [0, 0.05) is 126 Å². The average molecular weight is 1670 g/mol. The van der Waals surface area contributed by atoms with Crippen LogP contribution in [0, 0.1) is 6.92 Å². The van der Waals surface area contributed by atoms with Crippen LogP contribution in [0.1, 0.15) is 197 Å². The number of halogens is 3. The largest absolute Gasteiger partial charge is 0.501 e. The van der Waals surface area contributed by atoms with E-state index in [1.54, 1.807) is 46.1 Å². The molecule has 17 nitrogen and oxygen atoms in total. The van der Waals surface area contributed by atoms with Crippen LogP contribution in [0.3, 0.4) is 0 Å². The van der Waals surface area contributed by atoms with Gasteiger partial charge in [-0.2, -0.15) is 17.5 Å². The van der Waals surface area contributed by atoms with Crippen molar-refractivity contribution in [2.24, 2.45) is 0 Å². The first-order chi connectivity index (χ1) is 54.7. The number of piperidine rings is 1. The van der Waals surface area contributed by atoms with Gasteiger partial charge in [-0.3, -0.25) is 9.80 Å². The van der Waals surface area contributed by atoms with Crippen LogP contribution in [0.2, 0.25) is 0 Å². The fraction of sp³-hybridized carbons (Fsp3) is 0.552. The zero-order valence-electron chi connectivity index (χ0n) is 75.7. The topological polar surface area (TPSA) is 160 Å². The second kappa shape index (κ2) is 41.4. The lowest BCUT2D eigenvalue weighted by molar-refractivity contribution is -0.0436. The molecule has 12 rings (SSSR count). The number of nitrogens with one attached hydrogen (secondary N) is 2. The van der Waals surface area contributed by atoms with Crippen molar-refractivity contribution in [3.63, 3.8) is 0 Å². The van der Waals surface area contributed by atoms with Crippen molar-refractivity contribution >= 4 is 54.3 Å². The minimum absolute atomic E-state index is 0.0590. The highest BCUT2D eigenvalue weighted by Gasteiger charge is 2.47.